The fraction of sp³-hybridized carbons (Fsp3) is 0.643. The number of nitrogens with zero attached hydrogens (tertiary/aromatic N) is 1. The molecule has 20 heavy (non-hydrogen) atoms. The Bertz CT molecular complexity index is 489. The molecule has 3 rings (SSSR count). The van der Waals surface area contributed by atoms with Gasteiger partial charge in [-0.05, 0) is 30.5 Å². The smallest absolute Gasteiger partial charge is 0.259 e. The van der Waals surface area contributed by atoms with E-state index in [4.69, 9.17) is 20.8 Å². The molecule has 1 saturated heterocycles. The topological polar surface area (TPSA) is 62.9 Å². The zero-order valence-corrected chi connectivity index (χ0v) is 11.9. The molecule has 2 aliphatic rings. The number of aliphatic hydroxyl groups excluding tert-OH is 1. The van der Waals surface area contributed by atoms with Crippen LogP contribution >= 0.6 is 11.6 Å². The molecule has 110 valence electrons. The van der Waals surface area contributed by atoms with Crippen molar-refractivity contribution in [2.24, 2.45) is 5.92 Å². The van der Waals surface area contributed by atoms with Gasteiger partial charge in [0, 0.05) is 12.5 Å². The first kappa shape index (κ1) is 13.9. The molecule has 2 heterocycles. The quantitative estimate of drug-likeness (QED) is 0.906. The van der Waals surface area contributed by atoms with Gasteiger partial charge in [-0.2, -0.15) is 0 Å². The number of rotatable bonds is 2. The summed E-state index contributed by atoms with van der Waals surface area (Å²) >= 11 is 5.90. The molecule has 1 aliphatic carbocycles. The Labute approximate surface area is 122 Å². The van der Waals surface area contributed by atoms with Crippen LogP contribution in [0, 0.1) is 5.92 Å². The molecule has 1 N–H and O–H groups in total. The Morgan fingerprint density at radius 1 is 1.45 bits per heavy atom. The van der Waals surface area contributed by atoms with Crippen molar-refractivity contribution in [3.05, 3.63) is 23.1 Å². The van der Waals surface area contributed by atoms with E-state index in [1.54, 1.807) is 11.0 Å². The van der Waals surface area contributed by atoms with E-state index in [1.165, 1.54) is 6.26 Å². The number of furan rings is 1. The maximum absolute atomic E-state index is 12.6. The van der Waals surface area contributed by atoms with Crippen molar-refractivity contribution in [3.63, 3.8) is 0 Å². The van der Waals surface area contributed by atoms with Crippen LogP contribution < -0.4 is 0 Å². The van der Waals surface area contributed by atoms with Gasteiger partial charge in [0.25, 0.3) is 5.91 Å². The van der Waals surface area contributed by atoms with Gasteiger partial charge < -0.3 is 19.2 Å². The van der Waals surface area contributed by atoms with Crippen LogP contribution in [0.25, 0.3) is 0 Å². The van der Waals surface area contributed by atoms with E-state index >= 15 is 0 Å². The predicted molar refractivity (Wildman–Crippen MR) is 72.7 cm³/mol. The number of carbonyl (C=O) groups is 1. The summed E-state index contributed by atoms with van der Waals surface area (Å²) in [5.74, 6) is -0.0546. The number of ether oxygens (including phenoxy) is 1. The summed E-state index contributed by atoms with van der Waals surface area (Å²) in [5, 5.41) is 10.2. The highest BCUT2D eigenvalue weighted by Crippen LogP contribution is 2.33. The molecular weight excluding hydrogens is 282 g/mol. The Kier molecular flexibility index (Phi) is 4.01. The average Bonchev–Trinajstić information content (AvgIpc) is 3.06. The van der Waals surface area contributed by atoms with E-state index in [0.717, 1.165) is 19.3 Å². The summed E-state index contributed by atoms with van der Waals surface area (Å²) in [7, 11) is 0. The summed E-state index contributed by atoms with van der Waals surface area (Å²) in [4.78, 5) is 14.4. The monoisotopic (exact) mass is 299 g/mol. The summed E-state index contributed by atoms with van der Waals surface area (Å²) in [6, 6.07) is 1.50. The standard InChI is InChI=1S/C14H18ClNO4/c15-13-10(4-6-20-13)14(18)16-5-7-19-8-11(16)9-2-1-3-12(9)17/h4,6,9,11-12,17H,1-3,5,7-8H2/t9-,11-,12+/m1/s1. The Balaban J connectivity index is 1.82. The minimum absolute atomic E-state index is 0.0836. The van der Waals surface area contributed by atoms with Crippen molar-refractivity contribution in [2.75, 3.05) is 19.8 Å². The van der Waals surface area contributed by atoms with Crippen LogP contribution in [0.3, 0.4) is 0 Å². The van der Waals surface area contributed by atoms with Crippen LogP contribution in [-0.2, 0) is 4.74 Å². The number of aliphatic hydroxyl groups is 1. The van der Waals surface area contributed by atoms with Crippen molar-refractivity contribution in [3.8, 4) is 0 Å². The van der Waals surface area contributed by atoms with E-state index in [2.05, 4.69) is 0 Å². The van der Waals surface area contributed by atoms with Gasteiger partial charge in [0.05, 0.1) is 37.2 Å². The zero-order valence-electron chi connectivity index (χ0n) is 11.1. The number of hydrogen-bond acceptors (Lipinski definition) is 4. The van der Waals surface area contributed by atoms with Crippen molar-refractivity contribution < 1.29 is 19.1 Å². The number of morpholine rings is 1. The third-order valence-electron chi connectivity index (χ3n) is 4.30. The molecular formula is C14H18ClNO4. The van der Waals surface area contributed by atoms with Crippen LogP contribution in [0.2, 0.25) is 5.22 Å². The van der Waals surface area contributed by atoms with E-state index in [-0.39, 0.29) is 29.2 Å². The molecule has 5 nitrogen and oxygen atoms in total. The molecule has 1 aromatic rings. The van der Waals surface area contributed by atoms with Crippen molar-refractivity contribution in [1.82, 2.24) is 4.90 Å². The molecule has 1 amide bonds. The highest BCUT2D eigenvalue weighted by atomic mass is 35.5. The third kappa shape index (κ3) is 2.45. The van der Waals surface area contributed by atoms with Crippen LogP contribution in [0.15, 0.2) is 16.7 Å². The number of halogens is 1. The molecule has 3 atom stereocenters. The summed E-state index contributed by atoms with van der Waals surface area (Å²) < 4.78 is 10.5. The van der Waals surface area contributed by atoms with E-state index in [1.807, 2.05) is 0 Å². The minimum atomic E-state index is -0.350. The zero-order chi connectivity index (χ0) is 14.1. The lowest BCUT2D eigenvalue weighted by atomic mass is 9.94. The largest absolute Gasteiger partial charge is 0.452 e. The minimum Gasteiger partial charge on any atom is -0.452 e. The van der Waals surface area contributed by atoms with Crippen molar-refractivity contribution in [2.45, 2.75) is 31.4 Å². The van der Waals surface area contributed by atoms with Crippen LogP contribution in [-0.4, -0.2) is 47.8 Å². The van der Waals surface area contributed by atoms with E-state index < -0.39 is 0 Å². The molecule has 0 spiro atoms. The maximum Gasteiger partial charge on any atom is 0.259 e. The second-order valence-electron chi connectivity index (χ2n) is 5.41. The molecule has 0 bridgehead atoms. The molecule has 1 aliphatic heterocycles. The molecule has 1 saturated carbocycles. The summed E-state index contributed by atoms with van der Waals surface area (Å²) in [5.41, 5.74) is 0.381. The first-order valence-electron chi connectivity index (χ1n) is 6.98. The van der Waals surface area contributed by atoms with E-state index in [0.29, 0.717) is 25.3 Å². The molecule has 0 unspecified atom stereocenters. The normalized spacial score (nSPS) is 30.7. The Morgan fingerprint density at radius 2 is 2.30 bits per heavy atom. The SMILES string of the molecule is O=C(c1ccoc1Cl)N1CCOC[C@@H]1[C@H]1CCC[C@@H]1O. The van der Waals surface area contributed by atoms with Crippen LogP contribution in [0.4, 0.5) is 0 Å². The highest BCUT2D eigenvalue weighted by Gasteiger charge is 2.40. The molecule has 6 heteroatoms. The summed E-state index contributed by atoms with van der Waals surface area (Å²) in [6.07, 6.45) is 3.79. The second kappa shape index (κ2) is 5.76. The van der Waals surface area contributed by atoms with E-state index in [9.17, 15) is 9.90 Å². The number of hydrogen-bond donors (Lipinski definition) is 1. The predicted octanol–water partition coefficient (Wildman–Crippen LogP) is 1.94. The second-order valence-corrected chi connectivity index (χ2v) is 5.75. The van der Waals surface area contributed by atoms with Gasteiger partial charge in [-0.3, -0.25) is 4.79 Å². The lowest BCUT2D eigenvalue weighted by molar-refractivity contribution is -0.0383. The van der Waals surface area contributed by atoms with Gasteiger partial charge in [0.2, 0.25) is 5.22 Å². The number of carbonyl (C=O) groups excluding carboxylic acids is 1. The summed E-state index contributed by atoms with van der Waals surface area (Å²) in [6.45, 7) is 1.51. The van der Waals surface area contributed by atoms with Gasteiger partial charge >= 0.3 is 0 Å². The molecule has 0 radical (unpaired) electrons. The van der Waals surface area contributed by atoms with Gasteiger partial charge in [-0.15, -0.1) is 0 Å². The van der Waals surface area contributed by atoms with Gasteiger partial charge in [-0.25, -0.2) is 0 Å². The van der Waals surface area contributed by atoms with Crippen LogP contribution in [0.5, 0.6) is 0 Å². The molecule has 0 aromatic carbocycles. The van der Waals surface area contributed by atoms with Gasteiger partial charge in [0.15, 0.2) is 0 Å². The fourth-order valence-electron chi connectivity index (χ4n) is 3.25. The fourth-order valence-corrected chi connectivity index (χ4v) is 3.44. The number of amides is 1. The first-order chi connectivity index (χ1) is 9.68. The highest BCUT2D eigenvalue weighted by molar-refractivity contribution is 6.32. The Morgan fingerprint density at radius 3 is 2.95 bits per heavy atom. The average molecular weight is 300 g/mol. The van der Waals surface area contributed by atoms with Gasteiger partial charge in [-0.1, -0.05) is 6.42 Å². The van der Waals surface area contributed by atoms with Crippen molar-refractivity contribution in [1.29, 1.82) is 0 Å². The Hall–Kier alpha value is -1.04. The van der Waals surface area contributed by atoms with Crippen LogP contribution in [0.1, 0.15) is 29.6 Å². The lowest BCUT2D eigenvalue weighted by Crippen LogP contribution is -2.53. The maximum atomic E-state index is 12.6. The first-order valence-corrected chi connectivity index (χ1v) is 7.36. The molecule has 1 aromatic heterocycles. The molecule has 2 fully saturated rings. The lowest BCUT2D eigenvalue weighted by Gasteiger charge is -2.40. The van der Waals surface area contributed by atoms with Gasteiger partial charge in [0.1, 0.15) is 0 Å². The third-order valence-corrected chi connectivity index (χ3v) is 4.59. The van der Waals surface area contributed by atoms with Crippen molar-refractivity contribution >= 4 is 17.5 Å².